The van der Waals surface area contributed by atoms with E-state index in [0.29, 0.717) is 0 Å². The Morgan fingerprint density at radius 2 is 2.23 bits per heavy atom. The summed E-state index contributed by atoms with van der Waals surface area (Å²) in [5, 5.41) is 8.63. The SMILES string of the molecule is Nc1c(Cl)cc(CO)nc1C(F)F. The van der Waals surface area contributed by atoms with E-state index in [-0.39, 0.29) is 16.4 Å². The molecule has 1 aromatic heterocycles. The number of rotatable bonds is 2. The van der Waals surface area contributed by atoms with Crippen molar-refractivity contribution in [1.29, 1.82) is 0 Å². The minimum absolute atomic E-state index is 0.0191. The molecule has 0 fully saturated rings. The van der Waals surface area contributed by atoms with Crippen LogP contribution >= 0.6 is 11.6 Å². The molecule has 3 nitrogen and oxygen atoms in total. The van der Waals surface area contributed by atoms with E-state index in [4.69, 9.17) is 22.4 Å². The van der Waals surface area contributed by atoms with Crippen LogP contribution < -0.4 is 5.73 Å². The number of aromatic nitrogens is 1. The molecule has 0 spiro atoms. The number of anilines is 1. The van der Waals surface area contributed by atoms with Crippen molar-refractivity contribution in [2.45, 2.75) is 13.0 Å². The van der Waals surface area contributed by atoms with Crippen LogP contribution in [0.1, 0.15) is 17.8 Å². The van der Waals surface area contributed by atoms with Gasteiger partial charge in [0.15, 0.2) is 0 Å². The Bertz CT molecular complexity index is 320. The number of pyridine rings is 1. The molecule has 0 aromatic carbocycles. The molecule has 1 heterocycles. The summed E-state index contributed by atoms with van der Waals surface area (Å²) in [5.74, 6) is 0. The molecule has 3 N–H and O–H groups in total. The van der Waals surface area contributed by atoms with E-state index < -0.39 is 18.7 Å². The summed E-state index contributed by atoms with van der Waals surface area (Å²) in [6.45, 7) is -0.445. The van der Waals surface area contributed by atoms with Gasteiger partial charge < -0.3 is 10.8 Å². The third-order valence-corrected chi connectivity index (χ3v) is 1.77. The second-order valence-electron chi connectivity index (χ2n) is 2.35. The van der Waals surface area contributed by atoms with Crippen LogP contribution in [-0.4, -0.2) is 10.1 Å². The second kappa shape index (κ2) is 3.85. The van der Waals surface area contributed by atoms with E-state index in [9.17, 15) is 8.78 Å². The number of alkyl halides is 2. The second-order valence-corrected chi connectivity index (χ2v) is 2.76. The van der Waals surface area contributed by atoms with Crippen LogP contribution in [0.4, 0.5) is 14.5 Å². The van der Waals surface area contributed by atoms with Crippen molar-refractivity contribution in [3.8, 4) is 0 Å². The maximum Gasteiger partial charge on any atom is 0.282 e. The molecule has 0 aliphatic heterocycles. The maximum atomic E-state index is 12.2. The maximum absolute atomic E-state index is 12.2. The van der Waals surface area contributed by atoms with Gasteiger partial charge in [0, 0.05) is 0 Å². The molecule has 0 unspecified atom stereocenters. The summed E-state index contributed by atoms with van der Waals surface area (Å²) in [6.07, 6.45) is -2.79. The lowest BCUT2D eigenvalue weighted by atomic mass is 10.2. The van der Waals surface area contributed by atoms with Gasteiger partial charge >= 0.3 is 0 Å². The lowest BCUT2D eigenvalue weighted by molar-refractivity contribution is 0.146. The highest BCUT2D eigenvalue weighted by Gasteiger charge is 2.16. The number of nitrogen functional groups attached to an aromatic ring is 1. The molecule has 13 heavy (non-hydrogen) atoms. The van der Waals surface area contributed by atoms with E-state index in [2.05, 4.69) is 4.98 Å². The van der Waals surface area contributed by atoms with Crippen LogP contribution in [0.2, 0.25) is 5.02 Å². The van der Waals surface area contributed by atoms with Crippen molar-refractivity contribution in [2.24, 2.45) is 0 Å². The third-order valence-electron chi connectivity index (χ3n) is 1.46. The summed E-state index contributed by atoms with van der Waals surface area (Å²) in [4.78, 5) is 3.44. The zero-order valence-electron chi connectivity index (χ0n) is 6.47. The summed E-state index contributed by atoms with van der Waals surface area (Å²) < 4.78 is 24.5. The normalized spacial score (nSPS) is 10.8. The average molecular weight is 209 g/mol. The number of aliphatic hydroxyl groups is 1. The highest BCUT2D eigenvalue weighted by atomic mass is 35.5. The molecular formula is C7H7ClF2N2O. The molecule has 0 aliphatic rings. The Kier molecular flexibility index (Phi) is 3.00. The van der Waals surface area contributed by atoms with Gasteiger partial charge in [0.05, 0.1) is 23.0 Å². The first-order chi connectivity index (χ1) is 6.06. The molecule has 0 saturated carbocycles. The van der Waals surface area contributed by atoms with Crippen LogP contribution in [0.5, 0.6) is 0 Å². The fourth-order valence-corrected chi connectivity index (χ4v) is 1.06. The minimum atomic E-state index is -2.79. The van der Waals surface area contributed by atoms with E-state index in [0.717, 1.165) is 0 Å². The van der Waals surface area contributed by atoms with Crippen molar-refractivity contribution in [2.75, 3.05) is 5.73 Å². The van der Waals surface area contributed by atoms with Gasteiger partial charge in [-0.05, 0) is 6.07 Å². The first kappa shape index (κ1) is 10.1. The first-order valence-corrected chi connectivity index (χ1v) is 3.78. The van der Waals surface area contributed by atoms with Gasteiger partial charge in [-0.15, -0.1) is 0 Å². The zero-order valence-corrected chi connectivity index (χ0v) is 7.22. The molecule has 0 saturated heterocycles. The Hall–Kier alpha value is -0.940. The standard InChI is InChI=1S/C7H7ClF2N2O/c8-4-1-3(2-13)12-6(5(4)11)7(9)10/h1,7,13H,2,11H2. The highest BCUT2D eigenvalue weighted by molar-refractivity contribution is 6.33. The van der Waals surface area contributed by atoms with Crippen LogP contribution in [0.25, 0.3) is 0 Å². The van der Waals surface area contributed by atoms with Crippen molar-refractivity contribution in [3.05, 3.63) is 22.5 Å². The summed E-state index contributed by atoms with van der Waals surface area (Å²) in [6, 6.07) is 1.25. The van der Waals surface area contributed by atoms with Crippen molar-refractivity contribution >= 4 is 17.3 Å². The lowest BCUT2D eigenvalue weighted by Crippen LogP contribution is -2.02. The van der Waals surface area contributed by atoms with Gasteiger partial charge in [0.1, 0.15) is 5.69 Å². The summed E-state index contributed by atoms with van der Waals surface area (Å²) in [7, 11) is 0. The summed E-state index contributed by atoms with van der Waals surface area (Å²) >= 11 is 5.53. The molecule has 1 rings (SSSR count). The predicted octanol–water partition coefficient (Wildman–Crippen LogP) is 1.75. The topological polar surface area (TPSA) is 59.1 Å². The fourth-order valence-electron chi connectivity index (χ4n) is 0.841. The number of aliphatic hydroxyl groups excluding tert-OH is 1. The number of nitrogens with two attached hydrogens (primary N) is 1. The summed E-state index contributed by atoms with van der Waals surface area (Å²) in [5.41, 5.74) is 4.50. The van der Waals surface area contributed by atoms with Gasteiger partial charge in [-0.3, -0.25) is 0 Å². The Labute approximate surface area is 78.1 Å². The van der Waals surface area contributed by atoms with E-state index in [1.807, 2.05) is 0 Å². The monoisotopic (exact) mass is 208 g/mol. The van der Waals surface area contributed by atoms with E-state index in [1.54, 1.807) is 0 Å². The first-order valence-electron chi connectivity index (χ1n) is 3.40. The molecule has 0 aliphatic carbocycles. The van der Waals surface area contributed by atoms with Crippen molar-refractivity contribution < 1.29 is 13.9 Å². The Balaban J connectivity index is 3.25. The number of hydrogen-bond acceptors (Lipinski definition) is 3. The van der Waals surface area contributed by atoms with Crippen LogP contribution in [0, 0.1) is 0 Å². The zero-order chi connectivity index (χ0) is 10.0. The lowest BCUT2D eigenvalue weighted by Gasteiger charge is -2.07. The molecule has 6 heteroatoms. The van der Waals surface area contributed by atoms with Crippen LogP contribution in [0.15, 0.2) is 6.07 Å². The molecule has 1 aromatic rings. The van der Waals surface area contributed by atoms with Crippen molar-refractivity contribution in [1.82, 2.24) is 4.98 Å². The van der Waals surface area contributed by atoms with Gasteiger partial charge in [-0.2, -0.15) is 0 Å². The number of hydrogen-bond donors (Lipinski definition) is 2. The largest absolute Gasteiger partial charge is 0.396 e. The molecule has 0 radical (unpaired) electrons. The Morgan fingerprint density at radius 3 is 2.69 bits per heavy atom. The smallest absolute Gasteiger partial charge is 0.282 e. The van der Waals surface area contributed by atoms with Gasteiger partial charge in [0.2, 0.25) is 0 Å². The average Bonchev–Trinajstić information content (AvgIpc) is 2.09. The molecule has 0 amide bonds. The van der Waals surface area contributed by atoms with Crippen LogP contribution in [-0.2, 0) is 6.61 Å². The number of nitrogens with zero attached hydrogens (tertiary/aromatic N) is 1. The van der Waals surface area contributed by atoms with Gasteiger partial charge in [-0.25, -0.2) is 13.8 Å². The van der Waals surface area contributed by atoms with E-state index in [1.165, 1.54) is 6.07 Å². The molecule has 72 valence electrons. The highest BCUT2D eigenvalue weighted by Crippen LogP contribution is 2.29. The quantitative estimate of drug-likeness (QED) is 0.779. The van der Waals surface area contributed by atoms with Crippen LogP contribution in [0.3, 0.4) is 0 Å². The van der Waals surface area contributed by atoms with Crippen molar-refractivity contribution in [3.63, 3.8) is 0 Å². The molecule has 0 bridgehead atoms. The van der Waals surface area contributed by atoms with Gasteiger partial charge in [0.25, 0.3) is 6.43 Å². The predicted molar refractivity (Wildman–Crippen MR) is 44.5 cm³/mol. The number of halogens is 3. The fraction of sp³-hybridized carbons (Fsp3) is 0.286. The molecule has 0 atom stereocenters. The van der Waals surface area contributed by atoms with Gasteiger partial charge in [-0.1, -0.05) is 11.6 Å². The third kappa shape index (κ3) is 2.05. The molecular weight excluding hydrogens is 202 g/mol. The van der Waals surface area contributed by atoms with E-state index >= 15 is 0 Å². The Morgan fingerprint density at radius 1 is 1.62 bits per heavy atom. The minimum Gasteiger partial charge on any atom is -0.396 e.